The molecule has 1 heterocycles. The van der Waals surface area contributed by atoms with Gasteiger partial charge in [-0.25, -0.2) is 22.2 Å². The molecule has 0 spiro atoms. The Morgan fingerprint density at radius 3 is 2.39 bits per heavy atom. The minimum absolute atomic E-state index is 0.189. The predicted molar refractivity (Wildman–Crippen MR) is 85.0 cm³/mol. The topological polar surface area (TPSA) is 67.3 Å². The van der Waals surface area contributed by atoms with Crippen molar-refractivity contribution in [2.45, 2.75) is 31.6 Å². The zero-order valence-corrected chi connectivity index (χ0v) is 14.3. The normalized spacial score (nSPS) is 13.5. The molecule has 0 radical (unpaired) electrons. The molecule has 0 amide bonds. The lowest BCUT2D eigenvalue weighted by atomic mass is 10.1. The van der Waals surface area contributed by atoms with E-state index in [0.717, 1.165) is 23.2 Å². The highest BCUT2D eigenvalue weighted by atomic mass is 32.2. The Balaban J connectivity index is 2.14. The smallest absolute Gasteiger partial charge is 0.158 e. The van der Waals surface area contributed by atoms with E-state index in [0.29, 0.717) is 5.69 Å². The molecule has 2 aromatic rings. The quantitative estimate of drug-likeness (QED) is 0.858. The number of halogens is 2. The summed E-state index contributed by atoms with van der Waals surface area (Å²) in [5.74, 6) is -2.88. The van der Waals surface area contributed by atoms with Crippen LogP contribution in [-0.4, -0.2) is 24.3 Å². The molecule has 1 aromatic carbocycles. The van der Waals surface area contributed by atoms with Gasteiger partial charge in [0.2, 0.25) is 0 Å². The molecule has 0 saturated heterocycles. The van der Waals surface area contributed by atoms with Crippen molar-refractivity contribution in [3.63, 3.8) is 0 Å². The molecule has 0 saturated carbocycles. The summed E-state index contributed by atoms with van der Waals surface area (Å²) in [5, 5.41) is 12.4. The first-order valence-corrected chi connectivity index (χ1v) is 9.66. The standard InChI is InChI=1S/C15H17F2NO3S2/c1-9(2)15-18-10(6-22-15)7-23(20,21)8-13(19)14-11(16)4-3-5-12(14)17/h3-6,9,13,19H,7-8H2,1-2H3. The summed E-state index contributed by atoms with van der Waals surface area (Å²) in [6.45, 7) is 3.89. The number of nitrogens with zero attached hydrogens (tertiary/aromatic N) is 1. The average molecular weight is 361 g/mol. The highest BCUT2D eigenvalue weighted by molar-refractivity contribution is 7.90. The van der Waals surface area contributed by atoms with Gasteiger partial charge in [0.25, 0.3) is 0 Å². The number of aliphatic hydroxyl groups is 1. The average Bonchev–Trinajstić information content (AvgIpc) is 2.85. The van der Waals surface area contributed by atoms with E-state index in [4.69, 9.17) is 0 Å². The number of hydrogen-bond donors (Lipinski definition) is 1. The maximum atomic E-state index is 13.6. The van der Waals surface area contributed by atoms with Gasteiger partial charge in [0.15, 0.2) is 9.84 Å². The molecular weight excluding hydrogens is 344 g/mol. The van der Waals surface area contributed by atoms with E-state index in [1.165, 1.54) is 11.3 Å². The van der Waals surface area contributed by atoms with E-state index in [2.05, 4.69) is 4.98 Å². The highest BCUT2D eigenvalue weighted by Gasteiger charge is 2.25. The molecule has 0 bridgehead atoms. The van der Waals surface area contributed by atoms with E-state index in [1.807, 2.05) is 13.8 Å². The van der Waals surface area contributed by atoms with Gasteiger partial charge in [-0.05, 0) is 12.1 Å². The van der Waals surface area contributed by atoms with Crippen molar-refractivity contribution in [2.24, 2.45) is 0 Å². The van der Waals surface area contributed by atoms with Crippen LogP contribution in [0.3, 0.4) is 0 Å². The van der Waals surface area contributed by atoms with Crippen LogP contribution in [0.5, 0.6) is 0 Å². The van der Waals surface area contributed by atoms with Gasteiger partial charge < -0.3 is 5.11 Å². The summed E-state index contributed by atoms with van der Waals surface area (Å²) in [5.41, 5.74) is -0.253. The van der Waals surface area contributed by atoms with Gasteiger partial charge >= 0.3 is 0 Å². The van der Waals surface area contributed by atoms with Gasteiger partial charge in [0.05, 0.1) is 33.9 Å². The molecule has 4 nitrogen and oxygen atoms in total. The molecular formula is C15H17F2NO3S2. The van der Waals surface area contributed by atoms with Gasteiger partial charge in [-0.3, -0.25) is 0 Å². The number of aromatic nitrogens is 1. The van der Waals surface area contributed by atoms with Crippen LogP contribution in [0, 0.1) is 11.6 Å². The summed E-state index contributed by atoms with van der Waals surface area (Å²) >= 11 is 1.36. The van der Waals surface area contributed by atoms with Gasteiger partial charge in [-0.1, -0.05) is 19.9 Å². The number of thiazole rings is 1. The first-order chi connectivity index (χ1) is 10.7. The third-order valence-corrected chi connectivity index (χ3v) is 5.93. The second-order valence-electron chi connectivity index (χ2n) is 5.54. The number of aliphatic hydroxyl groups excluding tert-OH is 1. The lowest BCUT2D eigenvalue weighted by Crippen LogP contribution is -2.18. The lowest BCUT2D eigenvalue weighted by molar-refractivity contribution is 0.191. The summed E-state index contributed by atoms with van der Waals surface area (Å²) in [7, 11) is -3.77. The molecule has 126 valence electrons. The van der Waals surface area contributed by atoms with Gasteiger partial charge in [0, 0.05) is 11.3 Å². The maximum Gasteiger partial charge on any atom is 0.158 e. The van der Waals surface area contributed by atoms with E-state index in [-0.39, 0.29) is 11.7 Å². The summed E-state index contributed by atoms with van der Waals surface area (Å²) in [6.07, 6.45) is -1.76. The Kier molecular flexibility index (Phi) is 5.49. The Bertz CT molecular complexity index is 768. The van der Waals surface area contributed by atoms with Crippen LogP contribution in [0.15, 0.2) is 23.6 Å². The van der Waals surface area contributed by atoms with Crippen LogP contribution in [-0.2, 0) is 15.6 Å². The second-order valence-corrected chi connectivity index (χ2v) is 8.54. The van der Waals surface area contributed by atoms with Crippen LogP contribution >= 0.6 is 11.3 Å². The number of hydrogen-bond acceptors (Lipinski definition) is 5. The Morgan fingerprint density at radius 2 is 1.87 bits per heavy atom. The molecule has 1 aromatic heterocycles. The Hall–Kier alpha value is -1.38. The fourth-order valence-corrected chi connectivity index (χ4v) is 4.40. The maximum absolute atomic E-state index is 13.6. The van der Waals surface area contributed by atoms with E-state index in [1.54, 1.807) is 5.38 Å². The first-order valence-electron chi connectivity index (χ1n) is 6.96. The van der Waals surface area contributed by atoms with E-state index in [9.17, 15) is 22.3 Å². The van der Waals surface area contributed by atoms with Gasteiger partial charge in [-0.2, -0.15) is 0 Å². The SMILES string of the molecule is CC(C)c1nc(CS(=O)(=O)CC(O)c2c(F)cccc2F)cs1. The fourth-order valence-electron chi connectivity index (χ4n) is 2.09. The summed E-state index contributed by atoms with van der Waals surface area (Å²) in [4.78, 5) is 4.22. The fraction of sp³-hybridized carbons (Fsp3) is 0.400. The Morgan fingerprint density at radius 1 is 1.26 bits per heavy atom. The molecule has 1 N–H and O–H groups in total. The van der Waals surface area contributed by atoms with Crippen LogP contribution < -0.4 is 0 Å². The van der Waals surface area contributed by atoms with Gasteiger partial charge in [-0.15, -0.1) is 11.3 Å². The molecule has 1 unspecified atom stereocenters. The van der Waals surface area contributed by atoms with Crippen molar-refractivity contribution >= 4 is 21.2 Å². The molecule has 23 heavy (non-hydrogen) atoms. The number of sulfone groups is 1. The summed E-state index contributed by atoms with van der Waals surface area (Å²) < 4.78 is 51.5. The molecule has 8 heteroatoms. The van der Waals surface area contributed by atoms with Crippen LogP contribution in [0.1, 0.15) is 42.1 Å². The second kappa shape index (κ2) is 7.02. The molecule has 2 rings (SSSR count). The van der Waals surface area contributed by atoms with Crippen molar-refractivity contribution in [1.82, 2.24) is 4.98 Å². The molecule has 0 fully saturated rings. The zero-order valence-electron chi connectivity index (χ0n) is 12.7. The van der Waals surface area contributed by atoms with Crippen molar-refractivity contribution in [1.29, 1.82) is 0 Å². The highest BCUT2D eigenvalue weighted by Crippen LogP contribution is 2.24. The molecule has 0 aliphatic heterocycles. The van der Waals surface area contributed by atoms with Crippen LogP contribution in [0.25, 0.3) is 0 Å². The Labute approximate surface area is 137 Å². The zero-order chi connectivity index (χ0) is 17.2. The predicted octanol–water partition coefficient (Wildman–Crippen LogP) is 3.19. The minimum Gasteiger partial charge on any atom is -0.387 e. The third-order valence-electron chi connectivity index (χ3n) is 3.18. The van der Waals surface area contributed by atoms with Crippen molar-refractivity contribution in [3.8, 4) is 0 Å². The number of benzene rings is 1. The van der Waals surface area contributed by atoms with Crippen LogP contribution in [0.2, 0.25) is 0 Å². The van der Waals surface area contributed by atoms with E-state index >= 15 is 0 Å². The lowest BCUT2D eigenvalue weighted by Gasteiger charge is -2.13. The van der Waals surface area contributed by atoms with E-state index < -0.39 is 38.9 Å². The van der Waals surface area contributed by atoms with Crippen molar-refractivity contribution in [2.75, 3.05) is 5.75 Å². The van der Waals surface area contributed by atoms with Crippen molar-refractivity contribution in [3.05, 3.63) is 51.5 Å². The molecule has 0 aliphatic carbocycles. The largest absolute Gasteiger partial charge is 0.387 e. The molecule has 1 atom stereocenters. The summed E-state index contributed by atoms with van der Waals surface area (Å²) in [6, 6.07) is 3.10. The molecule has 0 aliphatic rings. The van der Waals surface area contributed by atoms with Gasteiger partial charge in [0.1, 0.15) is 11.6 Å². The van der Waals surface area contributed by atoms with Crippen molar-refractivity contribution < 1.29 is 22.3 Å². The monoisotopic (exact) mass is 361 g/mol. The third kappa shape index (κ3) is 4.55. The first kappa shape index (κ1) is 18.0. The minimum atomic E-state index is -3.77. The van der Waals surface area contributed by atoms with Crippen LogP contribution in [0.4, 0.5) is 8.78 Å². The number of rotatable bonds is 6.